The number of hydrogen-bond donors (Lipinski definition) is 1. The number of aliphatic carboxylic acids is 1. The van der Waals surface area contributed by atoms with Gasteiger partial charge < -0.3 is 24.7 Å². The number of fused-ring (bicyclic) bond motifs is 1. The molecule has 0 saturated heterocycles. The van der Waals surface area contributed by atoms with Gasteiger partial charge in [-0.3, -0.25) is 4.79 Å². The van der Waals surface area contributed by atoms with E-state index in [1.165, 1.54) is 0 Å². The molecule has 6 nitrogen and oxygen atoms in total. The van der Waals surface area contributed by atoms with Gasteiger partial charge in [-0.2, -0.15) is 0 Å². The highest BCUT2D eigenvalue weighted by Gasteiger charge is 2.29. The number of carboxylic acids is 1. The molecule has 1 aromatic rings. The molecule has 0 aromatic heterocycles. The van der Waals surface area contributed by atoms with Crippen molar-refractivity contribution < 1.29 is 24.2 Å². The molecule has 1 aromatic carbocycles. The molecular formula is C16H16NO5-. The minimum Gasteiger partial charge on any atom is -0.550 e. The Morgan fingerprint density at radius 2 is 1.86 bits per heavy atom. The molecule has 0 bridgehead atoms. The monoisotopic (exact) mass is 302 g/mol. The molecule has 0 saturated carbocycles. The number of ether oxygens (including phenoxy) is 2. The van der Waals surface area contributed by atoms with Crippen molar-refractivity contribution in [1.82, 2.24) is 5.32 Å². The van der Waals surface area contributed by atoms with Crippen LogP contribution in [-0.4, -0.2) is 18.7 Å². The number of carboxylic acid groups (broad SMARTS) is 1. The van der Waals surface area contributed by atoms with Gasteiger partial charge in [-0.15, -0.1) is 0 Å². The largest absolute Gasteiger partial charge is 0.550 e. The molecular weight excluding hydrogens is 286 g/mol. The van der Waals surface area contributed by atoms with E-state index in [0.717, 1.165) is 5.56 Å². The van der Waals surface area contributed by atoms with Gasteiger partial charge in [0.05, 0.1) is 0 Å². The van der Waals surface area contributed by atoms with Gasteiger partial charge in [-0.05, 0) is 30.5 Å². The fourth-order valence-electron chi connectivity index (χ4n) is 2.74. The van der Waals surface area contributed by atoms with Crippen LogP contribution in [-0.2, 0) is 16.1 Å². The Balaban J connectivity index is 1.62. The van der Waals surface area contributed by atoms with Crippen molar-refractivity contribution in [3.8, 4) is 11.5 Å². The average molecular weight is 302 g/mol. The molecule has 1 amide bonds. The van der Waals surface area contributed by atoms with Crippen molar-refractivity contribution in [2.24, 2.45) is 11.8 Å². The molecule has 1 aliphatic carbocycles. The number of hydrogen-bond acceptors (Lipinski definition) is 5. The summed E-state index contributed by atoms with van der Waals surface area (Å²) in [6, 6.07) is 5.43. The maximum atomic E-state index is 12.2. The van der Waals surface area contributed by atoms with E-state index in [4.69, 9.17) is 9.47 Å². The van der Waals surface area contributed by atoms with Crippen LogP contribution in [0, 0.1) is 11.8 Å². The molecule has 0 radical (unpaired) electrons. The minimum atomic E-state index is -1.17. The summed E-state index contributed by atoms with van der Waals surface area (Å²) in [6.07, 6.45) is 4.38. The first-order valence-electron chi connectivity index (χ1n) is 7.17. The lowest BCUT2D eigenvalue weighted by Gasteiger charge is -2.28. The zero-order valence-corrected chi connectivity index (χ0v) is 11.9. The standard InChI is InChI=1S/C16H17NO5/c18-15(11-3-1-2-4-12(11)16(19)20)17-8-10-5-6-13-14(7-10)22-9-21-13/h1-2,5-7,11-12H,3-4,8-9H2,(H,17,18)(H,19,20)/p-1/t11-,12-/m0/s1. The van der Waals surface area contributed by atoms with Gasteiger partial charge in [0.2, 0.25) is 12.7 Å². The number of nitrogens with one attached hydrogen (secondary N) is 1. The van der Waals surface area contributed by atoms with Gasteiger partial charge >= 0.3 is 0 Å². The first-order chi connectivity index (χ1) is 10.6. The van der Waals surface area contributed by atoms with E-state index in [-0.39, 0.29) is 12.7 Å². The van der Waals surface area contributed by atoms with Crippen molar-refractivity contribution in [3.63, 3.8) is 0 Å². The molecule has 3 rings (SSSR count). The Bertz CT molecular complexity index is 625. The third kappa shape index (κ3) is 2.90. The summed E-state index contributed by atoms with van der Waals surface area (Å²) in [7, 11) is 0. The van der Waals surface area contributed by atoms with Gasteiger partial charge in [-0.25, -0.2) is 0 Å². The fraction of sp³-hybridized carbons (Fsp3) is 0.375. The summed E-state index contributed by atoms with van der Waals surface area (Å²) < 4.78 is 10.5. The second-order valence-electron chi connectivity index (χ2n) is 5.38. The Labute approximate surface area is 127 Å². The van der Waals surface area contributed by atoms with E-state index >= 15 is 0 Å². The molecule has 0 fully saturated rings. The smallest absolute Gasteiger partial charge is 0.231 e. The summed E-state index contributed by atoms with van der Waals surface area (Å²) in [5, 5.41) is 13.9. The quantitative estimate of drug-likeness (QED) is 0.812. The van der Waals surface area contributed by atoms with E-state index in [1.807, 2.05) is 12.1 Å². The maximum absolute atomic E-state index is 12.2. The summed E-state index contributed by atoms with van der Waals surface area (Å²) in [5.74, 6) is -1.45. The summed E-state index contributed by atoms with van der Waals surface area (Å²) in [6.45, 7) is 0.516. The Hall–Kier alpha value is -2.50. The van der Waals surface area contributed by atoms with Crippen LogP contribution in [0.15, 0.2) is 30.4 Å². The van der Waals surface area contributed by atoms with Gasteiger partial charge in [0.15, 0.2) is 11.5 Å². The van der Waals surface area contributed by atoms with Gasteiger partial charge in [0.25, 0.3) is 0 Å². The van der Waals surface area contributed by atoms with Crippen LogP contribution in [0.4, 0.5) is 0 Å². The lowest BCUT2D eigenvalue weighted by molar-refractivity contribution is -0.313. The number of allylic oxidation sites excluding steroid dienone is 2. The zero-order valence-electron chi connectivity index (χ0n) is 11.9. The molecule has 1 heterocycles. The molecule has 2 aliphatic rings. The van der Waals surface area contributed by atoms with Crippen LogP contribution < -0.4 is 19.9 Å². The highest BCUT2D eigenvalue weighted by molar-refractivity contribution is 5.84. The molecule has 1 aliphatic heterocycles. The van der Waals surface area contributed by atoms with Crippen LogP contribution >= 0.6 is 0 Å². The van der Waals surface area contributed by atoms with E-state index in [9.17, 15) is 14.7 Å². The Morgan fingerprint density at radius 1 is 1.14 bits per heavy atom. The molecule has 22 heavy (non-hydrogen) atoms. The van der Waals surface area contributed by atoms with E-state index in [0.29, 0.717) is 30.9 Å². The highest BCUT2D eigenvalue weighted by atomic mass is 16.7. The Morgan fingerprint density at radius 3 is 2.64 bits per heavy atom. The zero-order chi connectivity index (χ0) is 15.5. The minimum absolute atomic E-state index is 0.201. The van der Waals surface area contributed by atoms with Crippen molar-refractivity contribution in [1.29, 1.82) is 0 Å². The van der Waals surface area contributed by atoms with Crippen LogP contribution in [0.1, 0.15) is 18.4 Å². The molecule has 116 valence electrons. The SMILES string of the molecule is O=C([O-])[C@H]1CC=CC[C@@H]1C(=O)NCc1ccc2c(c1)OCO2. The summed E-state index contributed by atoms with van der Waals surface area (Å²) in [4.78, 5) is 23.3. The third-order valence-corrected chi connectivity index (χ3v) is 3.98. The first kappa shape index (κ1) is 14.4. The summed E-state index contributed by atoms with van der Waals surface area (Å²) >= 11 is 0. The Kier molecular flexibility index (Phi) is 4.00. The number of rotatable bonds is 4. The average Bonchev–Trinajstić information content (AvgIpc) is 3.00. The highest BCUT2D eigenvalue weighted by Crippen LogP contribution is 2.32. The van der Waals surface area contributed by atoms with Crippen molar-refractivity contribution in [2.45, 2.75) is 19.4 Å². The maximum Gasteiger partial charge on any atom is 0.231 e. The number of benzene rings is 1. The van der Waals surface area contributed by atoms with Crippen LogP contribution in [0.25, 0.3) is 0 Å². The predicted octanol–water partition coefficient (Wildman–Crippen LogP) is 0.364. The molecule has 0 spiro atoms. The van der Waals surface area contributed by atoms with Crippen molar-refractivity contribution >= 4 is 11.9 Å². The number of carbonyl (C=O) groups is 2. The number of carbonyl (C=O) groups excluding carboxylic acids is 2. The topological polar surface area (TPSA) is 87.7 Å². The predicted molar refractivity (Wildman–Crippen MR) is 74.8 cm³/mol. The van der Waals surface area contributed by atoms with E-state index in [2.05, 4.69) is 5.32 Å². The van der Waals surface area contributed by atoms with Crippen LogP contribution in [0.3, 0.4) is 0 Å². The third-order valence-electron chi connectivity index (χ3n) is 3.98. The number of amides is 1. The first-order valence-corrected chi connectivity index (χ1v) is 7.17. The van der Waals surface area contributed by atoms with Crippen LogP contribution in [0.2, 0.25) is 0 Å². The summed E-state index contributed by atoms with van der Waals surface area (Å²) in [5.41, 5.74) is 0.869. The van der Waals surface area contributed by atoms with E-state index < -0.39 is 17.8 Å². The lowest BCUT2D eigenvalue weighted by atomic mass is 9.82. The van der Waals surface area contributed by atoms with Gasteiger partial charge in [0, 0.05) is 24.3 Å². The lowest BCUT2D eigenvalue weighted by Crippen LogP contribution is -2.43. The molecule has 0 unspecified atom stereocenters. The van der Waals surface area contributed by atoms with Crippen LogP contribution in [0.5, 0.6) is 11.5 Å². The van der Waals surface area contributed by atoms with Crippen molar-refractivity contribution in [3.05, 3.63) is 35.9 Å². The fourth-order valence-corrected chi connectivity index (χ4v) is 2.74. The second kappa shape index (κ2) is 6.09. The molecule has 2 atom stereocenters. The second-order valence-corrected chi connectivity index (χ2v) is 5.38. The normalized spacial score (nSPS) is 22.4. The van der Waals surface area contributed by atoms with E-state index in [1.54, 1.807) is 18.2 Å². The molecule has 6 heteroatoms. The van der Waals surface area contributed by atoms with Gasteiger partial charge in [0.1, 0.15) is 0 Å². The molecule has 1 N–H and O–H groups in total. The van der Waals surface area contributed by atoms with Crippen molar-refractivity contribution in [2.75, 3.05) is 6.79 Å². The van der Waals surface area contributed by atoms with Gasteiger partial charge in [-0.1, -0.05) is 18.2 Å².